The van der Waals surface area contributed by atoms with E-state index in [4.69, 9.17) is 0 Å². The summed E-state index contributed by atoms with van der Waals surface area (Å²) in [5.41, 5.74) is 2.28. The highest BCUT2D eigenvalue weighted by atomic mass is 32.2. The summed E-state index contributed by atoms with van der Waals surface area (Å²) in [6.07, 6.45) is 0. The van der Waals surface area contributed by atoms with E-state index in [0.717, 1.165) is 25.8 Å². The van der Waals surface area contributed by atoms with Crippen LogP contribution in [0.1, 0.15) is 10.7 Å². The molecule has 0 aliphatic heterocycles. The van der Waals surface area contributed by atoms with Crippen molar-refractivity contribution in [3.05, 3.63) is 46.4 Å². The van der Waals surface area contributed by atoms with Gasteiger partial charge in [-0.3, -0.25) is 0 Å². The van der Waals surface area contributed by atoms with Gasteiger partial charge in [-0.2, -0.15) is 0 Å². The average Bonchev–Trinajstić information content (AvgIpc) is 3.06. The highest BCUT2D eigenvalue weighted by molar-refractivity contribution is 8.00. The smallest absolute Gasteiger partial charge is 0.174 e. The van der Waals surface area contributed by atoms with E-state index in [1.54, 1.807) is 34.4 Å². The lowest BCUT2D eigenvalue weighted by molar-refractivity contribution is 0.983. The van der Waals surface area contributed by atoms with Gasteiger partial charge >= 0.3 is 0 Å². The number of thioether (sulfide) groups is 1. The Hall–Kier alpha value is -1.24. The van der Waals surface area contributed by atoms with E-state index < -0.39 is 0 Å². The van der Waals surface area contributed by atoms with Crippen LogP contribution in [0, 0.1) is 6.92 Å². The molecular weight excluding hydrogens is 294 g/mol. The zero-order valence-corrected chi connectivity index (χ0v) is 12.7. The van der Waals surface area contributed by atoms with E-state index in [0.29, 0.717) is 0 Å². The second-order valence-electron chi connectivity index (χ2n) is 3.89. The quantitative estimate of drug-likeness (QED) is 0.675. The minimum absolute atomic E-state index is 0.845. The Balaban J connectivity index is 1.68. The molecule has 0 aliphatic rings. The van der Waals surface area contributed by atoms with Gasteiger partial charge in [-0.05, 0) is 6.92 Å². The monoisotopic (exact) mass is 305 g/mol. The number of thiazole rings is 1. The second kappa shape index (κ2) is 5.81. The third-order valence-corrected chi connectivity index (χ3v) is 5.37. The van der Waals surface area contributed by atoms with Gasteiger partial charge in [0.15, 0.2) is 4.34 Å². The average molecular weight is 305 g/mol. The number of rotatable bonds is 4. The number of benzene rings is 1. The second-order valence-corrected chi connectivity index (χ2v) is 7.15. The molecule has 0 aliphatic carbocycles. The van der Waals surface area contributed by atoms with Crippen LogP contribution < -0.4 is 0 Å². The first kappa shape index (κ1) is 12.8. The van der Waals surface area contributed by atoms with Gasteiger partial charge < -0.3 is 0 Å². The Morgan fingerprint density at radius 2 is 2.00 bits per heavy atom. The van der Waals surface area contributed by atoms with Crippen LogP contribution in [0.25, 0.3) is 10.6 Å². The van der Waals surface area contributed by atoms with Crippen LogP contribution in [0.2, 0.25) is 0 Å². The molecule has 0 N–H and O–H groups in total. The summed E-state index contributed by atoms with van der Waals surface area (Å²) < 4.78 is 1.01. The zero-order chi connectivity index (χ0) is 13.1. The van der Waals surface area contributed by atoms with Crippen molar-refractivity contribution in [1.29, 1.82) is 0 Å². The van der Waals surface area contributed by atoms with Gasteiger partial charge in [-0.25, -0.2) is 4.98 Å². The van der Waals surface area contributed by atoms with Gasteiger partial charge in [0, 0.05) is 16.7 Å². The van der Waals surface area contributed by atoms with Gasteiger partial charge in [-0.15, -0.1) is 21.5 Å². The molecule has 0 spiro atoms. The van der Waals surface area contributed by atoms with E-state index in [1.807, 2.05) is 25.1 Å². The summed E-state index contributed by atoms with van der Waals surface area (Å²) in [6.45, 7) is 1.97. The Morgan fingerprint density at radius 3 is 2.74 bits per heavy atom. The van der Waals surface area contributed by atoms with E-state index >= 15 is 0 Å². The molecule has 2 heterocycles. The minimum Gasteiger partial charge on any atom is -0.240 e. The van der Waals surface area contributed by atoms with E-state index in [-0.39, 0.29) is 0 Å². The molecule has 6 heteroatoms. The molecule has 0 amide bonds. The molecule has 0 atom stereocenters. The Bertz CT molecular complexity index is 661. The van der Waals surface area contributed by atoms with E-state index in [1.165, 1.54) is 5.56 Å². The molecule has 19 heavy (non-hydrogen) atoms. The number of nitrogens with zero attached hydrogens (tertiary/aromatic N) is 3. The number of aryl methyl sites for hydroxylation is 1. The lowest BCUT2D eigenvalue weighted by Gasteiger charge is -1.94. The third kappa shape index (κ3) is 3.20. The molecule has 3 nitrogen and oxygen atoms in total. The maximum Gasteiger partial charge on any atom is 0.174 e. The predicted molar refractivity (Wildman–Crippen MR) is 81.8 cm³/mol. The maximum absolute atomic E-state index is 4.66. The standard InChI is InChI=1S/C13H11N3S3/c1-9-15-16-13(19-9)18-8-11-7-17-12(14-11)10-5-3-2-4-6-10/h2-7H,8H2,1H3. The van der Waals surface area contributed by atoms with Gasteiger partial charge in [0.2, 0.25) is 0 Å². The number of aromatic nitrogens is 3. The topological polar surface area (TPSA) is 38.7 Å². The Labute approximate surface area is 123 Å². The third-order valence-electron chi connectivity index (χ3n) is 2.42. The van der Waals surface area contributed by atoms with Gasteiger partial charge in [0.25, 0.3) is 0 Å². The first-order valence-electron chi connectivity index (χ1n) is 5.74. The molecule has 1 aromatic carbocycles. The first-order valence-corrected chi connectivity index (χ1v) is 8.42. The summed E-state index contributed by atoms with van der Waals surface area (Å²) in [6, 6.07) is 10.3. The highest BCUT2D eigenvalue weighted by Gasteiger charge is 2.06. The van der Waals surface area contributed by atoms with Crippen molar-refractivity contribution in [2.45, 2.75) is 17.0 Å². The van der Waals surface area contributed by atoms with Crippen molar-refractivity contribution in [1.82, 2.24) is 15.2 Å². The first-order chi connectivity index (χ1) is 9.31. The number of hydrogen-bond donors (Lipinski definition) is 0. The molecule has 0 radical (unpaired) electrons. The van der Waals surface area contributed by atoms with Gasteiger partial charge in [0.05, 0.1) is 5.69 Å². The minimum atomic E-state index is 0.845. The van der Waals surface area contributed by atoms with Crippen LogP contribution in [0.4, 0.5) is 0 Å². The number of hydrogen-bond acceptors (Lipinski definition) is 6. The normalized spacial score (nSPS) is 10.8. The summed E-state index contributed by atoms with van der Waals surface area (Å²) in [5.74, 6) is 0.845. The van der Waals surface area contributed by atoms with Crippen molar-refractivity contribution in [3.8, 4) is 10.6 Å². The molecule has 0 saturated carbocycles. The Kier molecular flexibility index (Phi) is 3.91. The van der Waals surface area contributed by atoms with Gasteiger partial charge in [-0.1, -0.05) is 53.4 Å². The van der Waals surface area contributed by atoms with Crippen molar-refractivity contribution >= 4 is 34.4 Å². The van der Waals surface area contributed by atoms with Crippen molar-refractivity contribution in [2.75, 3.05) is 0 Å². The summed E-state index contributed by atoms with van der Waals surface area (Å²) in [5, 5.41) is 12.3. The molecular formula is C13H11N3S3. The van der Waals surface area contributed by atoms with E-state index in [9.17, 15) is 0 Å². The molecule has 0 unspecified atom stereocenters. The molecule has 0 saturated heterocycles. The van der Waals surface area contributed by atoms with Crippen LogP contribution in [0.3, 0.4) is 0 Å². The zero-order valence-electron chi connectivity index (χ0n) is 10.2. The highest BCUT2D eigenvalue weighted by Crippen LogP contribution is 2.28. The fourth-order valence-corrected chi connectivity index (χ4v) is 4.20. The van der Waals surface area contributed by atoms with Crippen LogP contribution in [-0.4, -0.2) is 15.2 Å². The predicted octanol–water partition coefficient (Wildman–Crippen LogP) is 4.26. The lowest BCUT2D eigenvalue weighted by atomic mass is 10.2. The van der Waals surface area contributed by atoms with Gasteiger partial charge in [0.1, 0.15) is 10.0 Å². The largest absolute Gasteiger partial charge is 0.240 e. The molecule has 3 aromatic rings. The van der Waals surface area contributed by atoms with Crippen LogP contribution in [0.5, 0.6) is 0 Å². The molecule has 0 fully saturated rings. The molecule has 0 bridgehead atoms. The summed E-state index contributed by atoms with van der Waals surface area (Å²) in [7, 11) is 0. The van der Waals surface area contributed by atoms with Crippen molar-refractivity contribution < 1.29 is 0 Å². The summed E-state index contributed by atoms with van der Waals surface area (Å²) in [4.78, 5) is 4.66. The fourth-order valence-electron chi connectivity index (χ4n) is 1.56. The Morgan fingerprint density at radius 1 is 1.16 bits per heavy atom. The van der Waals surface area contributed by atoms with Crippen LogP contribution in [0.15, 0.2) is 40.1 Å². The van der Waals surface area contributed by atoms with Crippen LogP contribution >= 0.6 is 34.4 Å². The van der Waals surface area contributed by atoms with Crippen molar-refractivity contribution in [3.63, 3.8) is 0 Å². The maximum atomic E-state index is 4.66. The summed E-state index contributed by atoms with van der Waals surface area (Å²) >= 11 is 5.00. The lowest BCUT2D eigenvalue weighted by Crippen LogP contribution is -1.81. The molecule has 3 rings (SSSR count). The van der Waals surface area contributed by atoms with Crippen molar-refractivity contribution in [2.24, 2.45) is 0 Å². The molecule has 2 aromatic heterocycles. The van der Waals surface area contributed by atoms with Crippen LogP contribution in [-0.2, 0) is 5.75 Å². The SMILES string of the molecule is Cc1nnc(SCc2csc(-c3ccccc3)n2)s1. The van der Waals surface area contributed by atoms with E-state index in [2.05, 4.69) is 32.7 Å². The molecule has 96 valence electrons. The fraction of sp³-hybridized carbons (Fsp3) is 0.154.